The molecule has 8 rings (SSSR count). The number of benzene rings is 4. The summed E-state index contributed by atoms with van der Waals surface area (Å²) < 4.78 is 13.5. The van der Waals surface area contributed by atoms with E-state index in [0.717, 1.165) is 71.5 Å². The van der Waals surface area contributed by atoms with E-state index in [9.17, 15) is 4.79 Å². The van der Waals surface area contributed by atoms with E-state index in [1.54, 1.807) is 7.11 Å². The zero-order chi connectivity index (χ0) is 30.0. The summed E-state index contributed by atoms with van der Waals surface area (Å²) in [6.45, 7) is 4.56. The Morgan fingerprint density at radius 2 is 1.50 bits per heavy atom. The van der Waals surface area contributed by atoms with Crippen LogP contribution in [0.5, 0.6) is 11.5 Å². The van der Waals surface area contributed by atoms with E-state index < -0.39 is 5.60 Å². The van der Waals surface area contributed by atoms with Crippen LogP contribution in [0.4, 0.5) is 17.1 Å². The van der Waals surface area contributed by atoms with Gasteiger partial charge in [0.1, 0.15) is 17.8 Å². The molecule has 220 valence electrons. The second-order valence-electron chi connectivity index (χ2n) is 12.5. The van der Waals surface area contributed by atoms with Crippen LogP contribution in [-0.4, -0.2) is 25.5 Å². The molecule has 4 aliphatic rings. The quantitative estimate of drug-likeness (QED) is 0.221. The third-order valence-corrected chi connectivity index (χ3v) is 9.94. The van der Waals surface area contributed by atoms with Gasteiger partial charge in [0, 0.05) is 76.3 Å². The summed E-state index contributed by atoms with van der Waals surface area (Å²) in [6, 6.07) is 29.9. The van der Waals surface area contributed by atoms with Crippen LogP contribution < -0.4 is 14.5 Å². The lowest BCUT2D eigenvalue weighted by Gasteiger charge is -2.41. The highest BCUT2D eigenvalue weighted by Crippen LogP contribution is 2.55. The second-order valence-corrected chi connectivity index (χ2v) is 12.5. The molecular weight excluding hydrogens is 544 g/mol. The van der Waals surface area contributed by atoms with E-state index in [2.05, 4.69) is 96.5 Å². The number of para-hydroxylation sites is 1. The molecule has 0 N–H and O–H groups in total. The molecule has 5 nitrogen and oxygen atoms in total. The standard InChI is InChI=1S/C39H36N2O3/c1-25-20-27-10-5-8-14-35(27)40(25)30-16-18-33-37(22-30)44-38-23-31(41-26(2)21-28-11-6-9-15-36(28)41)17-19-34(38)39(33,43-3)32-13-7-4-12-29(32)24-42/h4-5,7-10,12-19,22-26H,6,11,20-21H2,1-3H3. The van der Waals surface area contributed by atoms with Crippen molar-refractivity contribution < 1.29 is 14.3 Å². The molecule has 0 radical (unpaired) electrons. The number of fused-ring (bicyclic) bond motifs is 3. The fourth-order valence-corrected chi connectivity index (χ4v) is 8.07. The molecule has 4 aromatic carbocycles. The Labute approximate surface area is 259 Å². The van der Waals surface area contributed by atoms with Crippen LogP contribution in [0.3, 0.4) is 0 Å². The van der Waals surface area contributed by atoms with E-state index in [1.807, 2.05) is 24.3 Å². The molecule has 3 aliphatic heterocycles. The minimum atomic E-state index is -1.03. The summed E-state index contributed by atoms with van der Waals surface area (Å²) in [5, 5.41) is 0. The third-order valence-electron chi connectivity index (χ3n) is 9.94. The number of ether oxygens (including phenoxy) is 2. The molecule has 0 fully saturated rings. The van der Waals surface area contributed by atoms with Crippen molar-refractivity contribution in [3.63, 3.8) is 0 Å². The van der Waals surface area contributed by atoms with Crippen molar-refractivity contribution in [2.75, 3.05) is 16.9 Å². The van der Waals surface area contributed by atoms with Crippen LogP contribution in [0.2, 0.25) is 0 Å². The van der Waals surface area contributed by atoms with Gasteiger partial charge in [0.05, 0.1) is 0 Å². The largest absolute Gasteiger partial charge is 0.456 e. The monoisotopic (exact) mass is 580 g/mol. The van der Waals surface area contributed by atoms with Gasteiger partial charge < -0.3 is 19.3 Å². The van der Waals surface area contributed by atoms with Crippen LogP contribution in [0.25, 0.3) is 0 Å². The summed E-state index contributed by atoms with van der Waals surface area (Å²) in [6.07, 6.45) is 9.78. The summed E-state index contributed by atoms with van der Waals surface area (Å²) in [5.74, 6) is 1.48. The van der Waals surface area contributed by atoms with Gasteiger partial charge in [-0.05, 0) is 87.1 Å². The molecule has 44 heavy (non-hydrogen) atoms. The maximum Gasteiger partial charge on any atom is 0.151 e. The summed E-state index contributed by atoms with van der Waals surface area (Å²) in [4.78, 5) is 17.3. The molecule has 0 saturated heterocycles. The molecule has 3 heterocycles. The van der Waals surface area contributed by atoms with E-state index in [4.69, 9.17) is 9.47 Å². The van der Waals surface area contributed by atoms with Crippen LogP contribution >= 0.6 is 0 Å². The van der Waals surface area contributed by atoms with Crippen LogP contribution in [-0.2, 0) is 16.8 Å². The van der Waals surface area contributed by atoms with Crippen LogP contribution in [0, 0.1) is 0 Å². The number of methoxy groups -OCH3 is 1. The Kier molecular flexibility index (Phi) is 6.28. The van der Waals surface area contributed by atoms with Crippen LogP contribution in [0.15, 0.2) is 108 Å². The minimum Gasteiger partial charge on any atom is -0.456 e. The first kappa shape index (κ1) is 27.0. The number of anilines is 3. The molecule has 0 amide bonds. The van der Waals surface area contributed by atoms with E-state index in [1.165, 1.54) is 22.5 Å². The van der Waals surface area contributed by atoms with E-state index in [-0.39, 0.29) is 0 Å². The Hall–Kier alpha value is -4.61. The highest BCUT2D eigenvalue weighted by molar-refractivity contribution is 5.81. The van der Waals surface area contributed by atoms with Gasteiger partial charge in [-0.3, -0.25) is 4.79 Å². The number of hydrogen-bond donors (Lipinski definition) is 0. The normalized spacial score (nSPS) is 23.2. The van der Waals surface area contributed by atoms with Crippen molar-refractivity contribution in [3.05, 3.63) is 136 Å². The Morgan fingerprint density at radius 3 is 2.25 bits per heavy atom. The summed E-state index contributed by atoms with van der Waals surface area (Å²) in [5.41, 5.74) is 9.74. The first-order chi connectivity index (χ1) is 21.5. The highest BCUT2D eigenvalue weighted by Gasteiger charge is 2.46. The molecule has 0 aromatic heterocycles. The van der Waals surface area contributed by atoms with Gasteiger partial charge in [0.25, 0.3) is 0 Å². The predicted molar refractivity (Wildman–Crippen MR) is 175 cm³/mol. The topological polar surface area (TPSA) is 42.0 Å². The Balaban J connectivity index is 1.32. The SMILES string of the molecule is COC1(c2ccccc2C=O)c2ccc(N3C4=C(CCC=C4)CC3C)cc2Oc2cc(N3c4ccccc4CC3C)ccc21. The highest BCUT2D eigenvalue weighted by atomic mass is 16.5. The predicted octanol–water partition coefficient (Wildman–Crippen LogP) is 8.83. The van der Waals surface area contributed by atoms with Crippen molar-refractivity contribution in [1.82, 2.24) is 0 Å². The Morgan fingerprint density at radius 1 is 0.818 bits per heavy atom. The number of carbonyl (C=O) groups is 1. The van der Waals surface area contributed by atoms with Crippen molar-refractivity contribution in [3.8, 4) is 11.5 Å². The lowest BCUT2D eigenvalue weighted by atomic mass is 9.76. The maximum absolute atomic E-state index is 12.4. The van der Waals surface area contributed by atoms with Crippen molar-refractivity contribution in [2.45, 2.75) is 57.2 Å². The fraction of sp³-hybridized carbons (Fsp3) is 0.256. The van der Waals surface area contributed by atoms with E-state index >= 15 is 0 Å². The summed E-state index contributed by atoms with van der Waals surface area (Å²) in [7, 11) is 1.73. The van der Waals surface area contributed by atoms with Gasteiger partial charge in [-0.1, -0.05) is 48.5 Å². The number of nitrogens with zero attached hydrogens (tertiary/aromatic N) is 2. The van der Waals surface area contributed by atoms with Crippen LogP contribution in [0.1, 0.15) is 65.7 Å². The number of hydrogen-bond acceptors (Lipinski definition) is 5. The molecular formula is C39H36N2O3. The average molecular weight is 581 g/mol. The first-order valence-corrected chi connectivity index (χ1v) is 15.6. The zero-order valence-electron chi connectivity index (χ0n) is 25.4. The number of carbonyl (C=O) groups excluding carboxylic acids is 1. The van der Waals surface area contributed by atoms with Gasteiger partial charge in [-0.15, -0.1) is 0 Å². The molecule has 3 unspecified atom stereocenters. The number of allylic oxidation sites excluding steroid dienone is 2. The molecule has 4 aromatic rings. The molecule has 1 aliphatic carbocycles. The molecule has 5 heteroatoms. The molecule has 3 atom stereocenters. The van der Waals surface area contributed by atoms with Gasteiger partial charge in [-0.25, -0.2) is 0 Å². The first-order valence-electron chi connectivity index (χ1n) is 15.6. The zero-order valence-corrected chi connectivity index (χ0v) is 25.4. The van der Waals surface area contributed by atoms with Gasteiger partial charge in [0.15, 0.2) is 5.60 Å². The van der Waals surface area contributed by atoms with Gasteiger partial charge >= 0.3 is 0 Å². The number of aldehydes is 1. The second kappa shape index (κ2) is 10.2. The lowest BCUT2D eigenvalue weighted by Crippen LogP contribution is -2.36. The fourth-order valence-electron chi connectivity index (χ4n) is 8.07. The van der Waals surface area contributed by atoms with Gasteiger partial charge in [0.2, 0.25) is 0 Å². The van der Waals surface area contributed by atoms with Crippen molar-refractivity contribution in [2.24, 2.45) is 0 Å². The smallest absolute Gasteiger partial charge is 0.151 e. The minimum absolute atomic E-state index is 0.318. The third kappa shape index (κ3) is 3.85. The summed E-state index contributed by atoms with van der Waals surface area (Å²) >= 11 is 0. The Bertz CT molecular complexity index is 1870. The number of rotatable bonds is 5. The molecule has 0 spiro atoms. The lowest BCUT2D eigenvalue weighted by molar-refractivity contribution is 0.0492. The maximum atomic E-state index is 12.4. The average Bonchev–Trinajstić information content (AvgIpc) is 3.58. The molecule has 0 saturated carbocycles. The van der Waals surface area contributed by atoms with Crippen molar-refractivity contribution >= 4 is 23.3 Å². The molecule has 0 bridgehead atoms. The van der Waals surface area contributed by atoms with E-state index in [0.29, 0.717) is 17.6 Å². The van der Waals surface area contributed by atoms with Crippen molar-refractivity contribution in [1.29, 1.82) is 0 Å². The van der Waals surface area contributed by atoms with Gasteiger partial charge in [-0.2, -0.15) is 0 Å².